The third kappa shape index (κ3) is 3.41. The highest BCUT2D eigenvalue weighted by Gasteiger charge is 2.22. The maximum Gasteiger partial charge on any atom is 0.248 e. The van der Waals surface area contributed by atoms with Crippen LogP contribution in [0.15, 0.2) is 29.6 Å². The maximum absolute atomic E-state index is 12.1. The minimum atomic E-state index is -0.0847. The van der Waals surface area contributed by atoms with Crippen molar-refractivity contribution in [2.75, 3.05) is 0 Å². The van der Waals surface area contributed by atoms with E-state index in [0.29, 0.717) is 13.0 Å². The number of aromatic amines is 1. The standard InChI is InChI=1S/C15H19N5O2/c21-14(5-2-8-20-10-16-9-17-20)18-12-3-1-4-13-11(12)6-7-15(22)19-13/h6-7,9-10,12H,1-5,8H2,(H,18,21)(H,19,22)/t12-/m1/s1. The van der Waals surface area contributed by atoms with Crippen LogP contribution in [-0.2, 0) is 17.8 Å². The molecule has 1 aliphatic carbocycles. The van der Waals surface area contributed by atoms with E-state index < -0.39 is 0 Å². The van der Waals surface area contributed by atoms with Gasteiger partial charge in [-0.25, -0.2) is 4.98 Å². The molecule has 0 radical (unpaired) electrons. The van der Waals surface area contributed by atoms with E-state index in [1.54, 1.807) is 11.0 Å². The van der Waals surface area contributed by atoms with Gasteiger partial charge in [-0.15, -0.1) is 0 Å². The number of pyridine rings is 1. The number of fused-ring (bicyclic) bond motifs is 1. The van der Waals surface area contributed by atoms with E-state index in [4.69, 9.17) is 0 Å². The lowest BCUT2D eigenvalue weighted by molar-refractivity contribution is -0.122. The molecular weight excluding hydrogens is 282 g/mol. The normalized spacial score (nSPS) is 17.0. The van der Waals surface area contributed by atoms with Crippen molar-refractivity contribution in [1.82, 2.24) is 25.1 Å². The van der Waals surface area contributed by atoms with Gasteiger partial charge in [0.1, 0.15) is 12.7 Å². The lowest BCUT2D eigenvalue weighted by Crippen LogP contribution is -2.32. The first kappa shape index (κ1) is 14.5. The summed E-state index contributed by atoms with van der Waals surface area (Å²) < 4.78 is 1.72. The molecule has 2 aromatic heterocycles. The van der Waals surface area contributed by atoms with Gasteiger partial charge in [0.2, 0.25) is 11.5 Å². The van der Waals surface area contributed by atoms with Gasteiger partial charge in [-0.2, -0.15) is 5.10 Å². The van der Waals surface area contributed by atoms with Crippen LogP contribution in [0.4, 0.5) is 0 Å². The highest BCUT2D eigenvalue weighted by molar-refractivity contribution is 5.76. The molecule has 0 bridgehead atoms. The molecule has 1 atom stereocenters. The van der Waals surface area contributed by atoms with Gasteiger partial charge < -0.3 is 10.3 Å². The van der Waals surface area contributed by atoms with Crippen LogP contribution in [-0.4, -0.2) is 25.7 Å². The summed E-state index contributed by atoms with van der Waals surface area (Å²) in [7, 11) is 0. The fraction of sp³-hybridized carbons (Fsp3) is 0.467. The molecule has 0 spiro atoms. The van der Waals surface area contributed by atoms with Crippen LogP contribution in [0.5, 0.6) is 0 Å². The van der Waals surface area contributed by atoms with Gasteiger partial charge in [-0.05, 0) is 37.3 Å². The molecule has 0 unspecified atom stereocenters. The molecule has 2 N–H and O–H groups in total. The van der Waals surface area contributed by atoms with E-state index in [1.807, 2.05) is 6.07 Å². The van der Waals surface area contributed by atoms with Gasteiger partial charge in [0.15, 0.2) is 0 Å². The first-order valence-corrected chi connectivity index (χ1v) is 7.56. The van der Waals surface area contributed by atoms with Crippen molar-refractivity contribution < 1.29 is 4.79 Å². The molecule has 7 nitrogen and oxygen atoms in total. The van der Waals surface area contributed by atoms with Crippen molar-refractivity contribution in [2.24, 2.45) is 0 Å². The van der Waals surface area contributed by atoms with Gasteiger partial charge in [-0.1, -0.05) is 0 Å². The molecule has 0 saturated heterocycles. The molecule has 3 rings (SSSR count). The highest BCUT2D eigenvalue weighted by atomic mass is 16.1. The quantitative estimate of drug-likeness (QED) is 0.859. The van der Waals surface area contributed by atoms with Gasteiger partial charge in [0.25, 0.3) is 0 Å². The first-order valence-electron chi connectivity index (χ1n) is 7.56. The maximum atomic E-state index is 12.1. The van der Waals surface area contributed by atoms with Gasteiger partial charge in [0, 0.05) is 24.7 Å². The molecule has 116 valence electrons. The molecule has 2 heterocycles. The van der Waals surface area contributed by atoms with Crippen molar-refractivity contribution in [2.45, 2.75) is 44.7 Å². The first-order chi connectivity index (χ1) is 10.7. The summed E-state index contributed by atoms with van der Waals surface area (Å²) in [6, 6.07) is 3.35. The predicted octanol–water partition coefficient (Wildman–Crippen LogP) is 0.940. The number of H-pyrrole nitrogens is 1. The number of amides is 1. The van der Waals surface area contributed by atoms with E-state index >= 15 is 0 Å². The Morgan fingerprint density at radius 1 is 1.45 bits per heavy atom. The van der Waals surface area contributed by atoms with Crippen molar-refractivity contribution in [3.63, 3.8) is 0 Å². The molecule has 0 fully saturated rings. The zero-order valence-corrected chi connectivity index (χ0v) is 12.3. The zero-order chi connectivity index (χ0) is 15.4. The third-order valence-electron chi connectivity index (χ3n) is 3.92. The molecule has 0 aliphatic heterocycles. The molecule has 0 saturated carbocycles. The fourth-order valence-electron chi connectivity index (χ4n) is 2.87. The number of aromatic nitrogens is 4. The van der Waals surface area contributed by atoms with E-state index in [9.17, 15) is 9.59 Å². The Morgan fingerprint density at radius 2 is 2.36 bits per heavy atom. The van der Waals surface area contributed by atoms with Crippen molar-refractivity contribution in [3.8, 4) is 0 Å². The van der Waals surface area contributed by atoms with Crippen LogP contribution in [0, 0.1) is 0 Å². The second kappa shape index (κ2) is 6.55. The Labute approximate surface area is 127 Å². The van der Waals surface area contributed by atoms with E-state index in [1.165, 1.54) is 12.4 Å². The number of rotatable bonds is 5. The summed E-state index contributed by atoms with van der Waals surface area (Å²) in [6.45, 7) is 0.683. The predicted molar refractivity (Wildman–Crippen MR) is 80.1 cm³/mol. The fourth-order valence-corrected chi connectivity index (χ4v) is 2.87. The van der Waals surface area contributed by atoms with Crippen LogP contribution < -0.4 is 10.9 Å². The number of carbonyl (C=O) groups excluding carboxylic acids is 1. The molecule has 1 amide bonds. The average molecular weight is 301 g/mol. The van der Waals surface area contributed by atoms with E-state index in [-0.39, 0.29) is 17.5 Å². The summed E-state index contributed by atoms with van der Waals surface area (Å²) in [5.41, 5.74) is 1.90. The lowest BCUT2D eigenvalue weighted by Gasteiger charge is -2.25. The van der Waals surface area contributed by atoms with Gasteiger partial charge in [0.05, 0.1) is 6.04 Å². The van der Waals surface area contributed by atoms with Gasteiger partial charge >= 0.3 is 0 Å². The minimum Gasteiger partial charge on any atom is -0.349 e. The molecule has 1 aliphatic rings. The minimum absolute atomic E-state index is 0.000491. The average Bonchev–Trinajstić information content (AvgIpc) is 3.00. The SMILES string of the molecule is O=C(CCCn1cncn1)N[C@@H]1CCCc2[nH]c(=O)ccc21. The smallest absolute Gasteiger partial charge is 0.248 e. The summed E-state index contributed by atoms with van der Waals surface area (Å²) in [5.74, 6) is 0.0316. The van der Waals surface area contributed by atoms with Crippen LogP contribution in [0.25, 0.3) is 0 Å². The number of carbonyl (C=O) groups is 1. The van der Waals surface area contributed by atoms with Crippen molar-refractivity contribution in [1.29, 1.82) is 0 Å². The number of nitrogens with one attached hydrogen (secondary N) is 2. The summed E-state index contributed by atoms with van der Waals surface area (Å²) in [6.07, 6.45) is 7.05. The largest absolute Gasteiger partial charge is 0.349 e. The van der Waals surface area contributed by atoms with Crippen LogP contribution in [0.2, 0.25) is 0 Å². The Morgan fingerprint density at radius 3 is 3.18 bits per heavy atom. The second-order valence-corrected chi connectivity index (χ2v) is 5.53. The molecule has 0 aromatic carbocycles. The summed E-state index contributed by atoms with van der Waals surface area (Å²) in [4.78, 5) is 30.2. The van der Waals surface area contributed by atoms with Gasteiger partial charge in [-0.3, -0.25) is 14.3 Å². The zero-order valence-electron chi connectivity index (χ0n) is 12.3. The Balaban J connectivity index is 1.55. The van der Waals surface area contributed by atoms with Crippen LogP contribution in [0.1, 0.15) is 43.0 Å². The molecule has 7 heteroatoms. The molecular formula is C15H19N5O2. The van der Waals surface area contributed by atoms with Crippen LogP contribution in [0.3, 0.4) is 0 Å². The molecule has 2 aromatic rings. The number of aryl methyl sites for hydroxylation is 2. The Hall–Kier alpha value is -2.44. The molecule has 22 heavy (non-hydrogen) atoms. The number of hydrogen-bond acceptors (Lipinski definition) is 4. The van der Waals surface area contributed by atoms with E-state index in [0.717, 1.165) is 36.9 Å². The number of nitrogens with zero attached hydrogens (tertiary/aromatic N) is 3. The number of hydrogen-bond donors (Lipinski definition) is 2. The Kier molecular flexibility index (Phi) is 4.32. The third-order valence-corrected chi connectivity index (χ3v) is 3.92. The summed E-state index contributed by atoms with van der Waals surface area (Å²) >= 11 is 0. The monoisotopic (exact) mass is 301 g/mol. The lowest BCUT2D eigenvalue weighted by atomic mass is 9.91. The Bertz CT molecular complexity index is 692. The van der Waals surface area contributed by atoms with Crippen molar-refractivity contribution in [3.05, 3.63) is 46.4 Å². The van der Waals surface area contributed by atoms with Crippen molar-refractivity contribution >= 4 is 5.91 Å². The topological polar surface area (TPSA) is 92.7 Å². The van der Waals surface area contributed by atoms with Crippen LogP contribution >= 0.6 is 0 Å². The second-order valence-electron chi connectivity index (χ2n) is 5.53. The van der Waals surface area contributed by atoms with E-state index in [2.05, 4.69) is 20.4 Å². The summed E-state index contributed by atoms with van der Waals surface area (Å²) in [5, 5.41) is 7.08. The highest BCUT2D eigenvalue weighted by Crippen LogP contribution is 2.27.